The molecule has 2 N–H and O–H groups in total. The van der Waals surface area contributed by atoms with Gasteiger partial charge in [0.25, 0.3) is 5.91 Å². The number of carbonyl (C=O) groups is 1. The highest BCUT2D eigenvalue weighted by atomic mass is 19.3. The van der Waals surface area contributed by atoms with E-state index in [1.165, 1.54) is 24.3 Å². The van der Waals surface area contributed by atoms with Crippen molar-refractivity contribution in [1.29, 1.82) is 0 Å². The summed E-state index contributed by atoms with van der Waals surface area (Å²) in [6.07, 6.45) is -1.21. The maximum absolute atomic E-state index is 12.5. The molecule has 1 amide bonds. The number of nitrogens with one attached hydrogen (secondary N) is 1. The molecule has 0 fully saturated rings. The van der Waals surface area contributed by atoms with Gasteiger partial charge in [-0.15, -0.1) is 0 Å². The monoisotopic (exact) mass is 407 g/mol. The average Bonchev–Trinajstić information content (AvgIpc) is 2.70. The van der Waals surface area contributed by atoms with Gasteiger partial charge in [0.05, 0.1) is 6.10 Å². The van der Waals surface area contributed by atoms with Gasteiger partial charge in [0, 0.05) is 6.54 Å². The standard InChI is InChI=1S/C22H27F2NO4/c1-4-19(29-20-8-6-5-7-17(20)14(2)3)21(27)25-13-18(26)15-9-11-16(12-10-15)28-22(23)24/h5-12,14,18-19,22,26H,4,13H2,1-3H3,(H,25,27). The van der Waals surface area contributed by atoms with Crippen LogP contribution in [-0.2, 0) is 4.79 Å². The van der Waals surface area contributed by atoms with Gasteiger partial charge in [0.2, 0.25) is 0 Å². The Morgan fingerprint density at radius 1 is 1.07 bits per heavy atom. The van der Waals surface area contributed by atoms with Crippen LogP contribution in [0.2, 0.25) is 0 Å². The number of para-hydroxylation sites is 1. The molecule has 0 heterocycles. The van der Waals surface area contributed by atoms with Gasteiger partial charge >= 0.3 is 6.61 Å². The van der Waals surface area contributed by atoms with Gasteiger partial charge in [0.15, 0.2) is 6.10 Å². The smallest absolute Gasteiger partial charge is 0.387 e. The van der Waals surface area contributed by atoms with Crippen molar-refractivity contribution in [2.24, 2.45) is 0 Å². The first-order chi connectivity index (χ1) is 13.8. The molecule has 0 aliphatic heterocycles. The topological polar surface area (TPSA) is 67.8 Å². The summed E-state index contributed by atoms with van der Waals surface area (Å²) in [6.45, 7) is 3.02. The van der Waals surface area contributed by atoms with Crippen LogP contribution in [0.3, 0.4) is 0 Å². The largest absolute Gasteiger partial charge is 0.480 e. The van der Waals surface area contributed by atoms with Crippen LogP contribution in [-0.4, -0.2) is 30.3 Å². The Bertz CT molecular complexity index is 781. The Morgan fingerprint density at radius 2 is 1.72 bits per heavy atom. The van der Waals surface area contributed by atoms with E-state index < -0.39 is 18.8 Å². The minimum atomic E-state index is -2.91. The molecule has 0 aromatic heterocycles. The predicted molar refractivity (Wildman–Crippen MR) is 106 cm³/mol. The summed E-state index contributed by atoms with van der Waals surface area (Å²) >= 11 is 0. The van der Waals surface area contributed by atoms with Crippen molar-refractivity contribution in [2.75, 3.05) is 6.54 Å². The molecule has 2 atom stereocenters. The van der Waals surface area contributed by atoms with Crippen LogP contribution in [0.4, 0.5) is 8.78 Å². The minimum absolute atomic E-state index is 0.00301. The van der Waals surface area contributed by atoms with E-state index in [0.29, 0.717) is 17.7 Å². The van der Waals surface area contributed by atoms with Gasteiger partial charge in [-0.2, -0.15) is 8.78 Å². The minimum Gasteiger partial charge on any atom is -0.480 e. The number of hydrogen-bond acceptors (Lipinski definition) is 4. The summed E-state index contributed by atoms with van der Waals surface area (Å²) in [5.74, 6) is 0.594. The Hall–Kier alpha value is -2.67. The number of alkyl halides is 2. The fourth-order valence-electron chi connectivity index (χ4n) is 2.84. The van der Waals surface area contributed by atoms with Gasteiger partial charge in [-0.3, -0.25) is 4.79 Å². The molecule has 7 heteroatoms. The normalized spacial score (nSPS) is 13.2. The third-order valence-electron chi connectivity index (χ3n) is 4.43. The van der Waals surface area contributed by atoms with Crippen LogP contribution in [0.15, 0.2) is 48.5 Å². The number of ether oxygens (including phenoxy) is 2. The Morgan fingerprint density at radius 3 is 2.31 bits per heavy atom. The zero-order chi connectivity index (χ0) is 21.4. The highest BCUT2D eigenvalue weighted by molar-refractivity contribution is 5.81. The Kier molecular flexibility index (Phi) is 8.39. The van der Waals surface area contributed by atoms with Crippen LogP contribution >= 0.6 is 0 Å². The molecule has 5 nitrogen and oxygen atoms in total. The van der Waals surface area contributed by atoms with Gasteiger partial charge in [0.1, 0.15) is 11.5 Å². The first-order valence-electron chi connectivity index (χ1n) is 9.58. The second kappa shape index (κ2) is 10.8. The highest BCUT2D eigenvalue weighted by Gasteiger charge is 2.21. The number of benzene rings is 2. The van der Waals surface area contributed by atoms with E-state index in [1.807, 2.05) is 31.2 Å². The second-order valence-corrected chi connectivity index (χ2v) is 6.92. The number of aliphatic hydroxyl groups excluding tert-OH is 1. The van der Waals surface area contributed by atoms with Crippen LogP contribution < -0.4 is 14.8 Å². The maximum Gasteiger partial charge on any atom is 0.387 e. The lowest BCUT2D eigenvalue weighted by Crippen LogP contribution is -2.40. The molecule has 2 aromatic rings. The summed E-state index contributed by atoms with van der Waals surface area (Å²) in [5.41, 5.74) is 1.50. The molecule has 0 bridgehead atoms. The summed E-state index contributed by atoms with van der Waals surface area (Å²) in [7, 11) is 0. The molecule has 2 rings (SSSR count). The fraction of sp³-hybridized carbons (Fsp3) is 0.409. The van der Waals surface area contributed by atoms with Crippen molar-refractivity contribution < 1.29 is 28.2 Å². The molecule has 0 aliphatic carbocycles. The number of aliphatic hydroxyl groups is 1. The van der Waals surface area contributed by atoms with Gasteiger partial charge in [-0.1, -0.05) is 51.1 Å². The summed E-state index contributed by atoms with van der Waals surface area (Å²) in [5, 5.41) is 12.9. The lowest BCUT2D eigenvalue weighted by molar-refractivity contribution is -0.128. The van der Waals surface area contributed by atoms with Crippen LogP contribution in [0.5, 0.6) is 11.5 Å². The zero-order valence-electron chi connectivity index (χ0n) is 16.8. The summed E-state index contributed by atoms with van der Waals surface area (Å²) in [4.78, 5) is 12.5. The van der Waals surface area contributed by atoms with Gasteiger partial charge in [-0.25, -0.2) is 0 Å². The third kappa shape index (κ3) is 6.71. The van der Waals surface area contributed by atoms with Crippen molar-refractivity contribution >= 4 is 5.91 Å². The SMILES string of the molecule is CCC(Oc1ccccc1C(C)C)C(=O)NCC(O)c1ccc(OC(F)F)cc1. The first kappa shape index (κ1) is 22.6. The van der Waals surface area contributed by atoms with Crippen molar-refractivity contribution in [2.45, 2.75) is 51.9 Å². The quantitative estimate of drug-likeness (QED) is 0.612. The van der Waals surface area contributed by atoms with E-state index in [-0.39, 0.29) is 24.1 Å². The summed E-state index contributed by atoms with van der Waals surface area (Å²) < 4.78 is 34.6. The van der Waals surface area contributed by atoms with E-state index >= 15 is 0 Å². The number of amides is 1. The van der Waals surface area contributed by atoms with Crippen LogP contribution in [0.25, 0.3) is 0 Å². The van der Waals surface area contributed by atoms with Gasteiger partial charge < -0.3 is 19.9 Å². The van der Waals surface area contributed by atoms with E-state index in [4.69, 9.17) is 4.74 Å². The lowest BCUT2D eigenvalue weighted by atomic mass is 10.0. The highest BCUT2D eigenvalue weighted by Crippen LogP contribution is 2.27. The van der Waals surface area contributed by atoms with Crippen molar-refractivity contribution in [1.82, 2.24) is 5.32 Å². The molecule has 0 radical (unpaired) electrons. The van der Waals surface area contributed by atoms with Crippen molar-refractivity contribution in [3.8, 4) is 11.5 Å². The third-order valence-corrected chi connectivity index (χ3v) is 4.43. The molecule has 29 heavy (non-hydrogen) atoms. The van der Waals surface area contributed by atoms with Crippen molar-refractivity contribution in [3.05, 3.63) is 59.7 Å². The molecule has 0 saturated heterocycles. The number of rotatable bonds is 10. The number of hydrogen-bond donors (Lipinski definition) is 2. The fourth-order valence-corrected chi connectivity index (χ4v) is 2.84. The molecule has 2 unspecified atom stereocenters. The van der Waals surface area contributed by atoms with E-state index in [0.717, 1.165) is 5.56 Å². The van der Waals surface area contributed by atoms with Crippen molar-refractivity contribution in [3.63, 3.8) is 0 Å². The number of halogens is 2. The predicted octanol–water partition coefficient (Wildman–Crippen LogP) is 4.42. The summed E-state index contributed by atoms with van der Waals surface area (Å²) in [6, 6.07) is 13.2. The second-order valence-electron chi connectivity index (χ2n) is 6.92. The van der Waals surface area contributed by atoms with Crippen LogP contribution in [0.1, 0.15) is 50.3 Å². The molecular weight excluding hydrogens is 380 g/mol. The van der Waals surface area contributed by atoms with Crippen LogP contribution in [0, 0.1) is 0 Å². The Balaban J connectivity index is 1.94. The molecule has 0 aliphatic rings. The molecule has 158 valence electrons. The average molecular weight is 407 g/mol. The molecule has 2 aromatic carbocycles. The Labute approximate surface area is 169 Å². The molecular formula is C22H27F2NO4. The lowest BCUT2D eigenvalue weighted by Gasteiger charge is -2.21. The molecule has 0 saturated carbocycles. The molecule has 0 spiro atoms. The van der Waals surface area contributed by atoms with E-state index in [9.17, 15) is 18.7 Å². The maximum atomic E-state index is 12.5. The number of carbonyl (C=O) groups excluding carboxylic acids is 1. The van der Waals surface area contributed by atoms with E-state index in [1.54, 1.807) is 0 Å². The zero-order valence-corrected chi connectivity index (χ0v) is 16.8. The van der Waals surface area contributed by atoms with E-state index in [2.05, 4.69) is 23.9 Å². The first-order valence-corrected chi connectivity index (χ1v) is 9.58. The van der Waals surface area contributed by atoms with Gasteiger partial charge in [-0.05, 0) is 41.7 Å².